The van der Waals surface area contributed by atoms with Crippen molar-refractivity contribution in [2.24, 2.45) is 0 Å². The van der Waals surface area contributed by atoms with Gasteiger partial charge in [0.2, 0.25) is 0 Å². The van der Waals surface area contributed by atoms with Gasteiger partial charge in [0, 0.05) is 5.02 Å². The molecule has 0 radical (unpaired) electrons. The third-order valence-electron chi connectivity index (χ3n) is 2.32. The molecule has 0 heterocycles. The average Bonchev–Trinajstić information content (AvgIpc) is 2.26. The first-order valence-corrected chi connectivity index (χ1v) is 7.08. The molecular weight excluding hydrogens is 291 g/mol. The number of nitrogens with one attached hydrogen (secondary N) is 1. The Morgan fingerprint density at radius 1 is 1.16 bits per heavy atom. The van der Waals surface area contributed by atoms with Crippen LogP contribution in [0, 0.1) is 5.82 Å². The van der Waals surface area contributed by atoms with Crippen molar-refractivity contribution in [2.75, 3.05) is 10.5 Å². The van der Waals surface area contributed by atoms with Crippen molar-refractivity contribution in [1.82, 2.24) is 0 Å². The molecule has 100 valence electrons. The van der Waals surface area contributed by atoms with Crippen molar-refractivity contribution in [2.45, 2.75) is 4.90 Å². The Balaban J connectivity index is 2.39. The Labute approximate surface area is 115 Å². The molecular formula is C12H10ClFN2O2S. The molecule has 0 aromatic heterocycles. The molecule has 2 aromatic rings. The van der Waals surface area contributed by atoms with E-state index in [1.807, 2.05) is 0 Å². The van der Waals surface area contributed by atoms with Crippen molar-refractivity contribution in [3.8, 4) is 0 Å². The summed E-state index contributed by atoms with van der Waals surface area (Å²) in [5.74, 6) is -0.633. The van der Waals surface area contributed by atoms with E-state index in [0.29, 0.717) is 0 Å². The topological polar surface area (TPSA) is 72.2 Å². The van der Waals surface area contributed by atoms with Crippen LogP contribution in [0.15, 0.2) is 47.4 Å². The number of rotatable bonds is 3. The van der Waals surface area contributed by atoms with Crippen LogP contribution >= 0.6 is 11.6 Å². The third-order valence-corrected chi connectivity index (χ3v) is 4.00. The van der Waals surface area contributed by atoms with Gasteiger partial charge >= 0.3 is 0 Å². The van der Waals surface area contributed by atoms with E-state index in [2.05, 4.69) is 4.72 Å². The van der Waals surface area contributed by atoms with E-state index in [4.69, 9.17) is 17.3 Å². The number of nitrogens with two attached hydrogens (primary N) is 1. The van der Waals surface area contributed by atoms with Gasteiger partial charge in [0.25, 0.3) is 10.0 Å². The summed E-state index contributed by atoms with van der Waals surface area (Å²) in [7, 11) is -3.88. The van der Waals surface area contributed by atoms with E-state index < -0.39 is 15.8 Å². The molecule has 3 N–H and O–H groups in total. The minimum Gasteiger partial charge on any atom is -0.398 e. The number of nitrogen functional groups attached to an aromatic ring is 1. The van der Waals surface area contributed by atoms with Crippen molar-refractivity contribution >= 4 is 33.0 Å². The molecule has 0 bridgehead atoms. The second kappa shape index (κ2) is 5.07. The second-order valence-corrected chi connectivity index (χ2v) is 5.89. The summed E-state index contributed by atoms with van der Waals surface area (Å²) in [6.07, 6.45) is 0. The molecule has 2 rings (SSSR count). The molecule has 0 fully saturated rings. The highest BCUT2D eigenvalue weighted by molar-refractivity contribution is 7.92. The molecule has 0 atom stereocenters. The van der Waals surface area contributed by atoms with Crippen LogP contribution in [0.2, 0.25) is 5.02 Å². The van der Waals surface area contributed by atoms with Crippen LogP contribution in [0.25, 0.3) is 0 Å². The number of anilines is 2. The van der Waals surface area contributed by atoms with Gasteiger partial charge < -0.3 is 5.73 Å². The summed E-state index contributed by atoms with van der Waals surface area (Å²) in [5, 5.41) is 0.0960. The van der Waals surface area contributed by atoms with E-state index in [-0.39, 0.29) is 21.3 Å². The van der Waals surface area contributed by atoms with Gasteiger partial charge in [-0.15, -0.1) is 0 Å². The lowest BCUT2D eigenvalue weighted by Gasteiger charge is -2.10. The van der Waals surface area contributed by atoms with Crippen LogP contribution in [0.3, 0.4) is 0 Å². The number of benzene rings is 2. The highest BCUT2D eigenvalue weighted by Gasteiger charge is 2.17. The summed E-state index contributed by atoms with van der Waals surface area (Å²) in [4.78, 5) is -0.0737. The van der Waals surface area contributed by atoms with Crippen LogP contribution < -0.4 is 10.5 Å². The van der Waals surface area contributed by atoms with Crippen LogP contribution in [0.5, 0.6) is 0 Å². The van der Waals surface area contributed by atoms with E-state index in [9.17, 15) is 12.8 Å². The first-order chi connectivity index (χ1) is 8.88. The highest BCUT2D eigenvalue weighted by atomic mass is 35.5. The van der Waals surface area contributed by atoms with E-state index in [0.717, 1.165) is 12.1 Å². The first kappa shape index (κ1) is 13.6. The van der Waals surface area contributed by atoms with Crippen LogP contribution in [-0.4, -0.2) is 8.42 Å². The van der Waals surface area contributed by atoms with E-state index in [1.54, 1.807) is 12.1 Å². The minimum absolute atomic E-state index is 0.0354. The van der Waals surface area contributed by atoms with Gasteiger partial charge in [-0.25, -0.2) is 12.8 Å². The maximum absolute atomic E-state index is 13.1. The lowest BCUT2D eigenvalue weighted by atomic mass is 10.3. The average molecular weight is 301 g/mol. The van der Waals surface area contributed by atoms with Gasteiger partial charge in [-0.1, -0.05) is 23.7 Å². The van der Waals surface area contributed by atoms with Crippen molar-refractivity contribution in [3.05, 3.63) is 53.3 Å². The van der Waals surface area contributed by atoms with Gasteiger partial charge in [-0.2, -0.15) is 0 Å². The van der Waals surface area contributed by atoms with Crippen molar-refractivity contribution < 1.29 is 12.8 Å². The fraction of sp³-hybridized carbons (Fsp3) is 0. The smallest absolute Gasteiger partial charge is 0.263 e. The zero-order valence-corrected chi connectivity index (χ0v) is 11.2. The maximum Gasteiger partial charge on any atom is 0.263 e. The Kier molecular flexibility index (Phi) is 3.64. The molecule has 0 saturated heterocycles. The molecule has 0 aliphatic rings. The third kappa shape index (κ3) is 3.15. The number of sulfonamides is 1. The predicted octanol–water partition coefficient (Wildman–Crippen LogP) is 2.86. The fourth-order valence-corrected chi connectivity index (χ4v) is 2.94. The Morgan fingerprint density at radius 2 is 1.84 bits per heavy atom. The summed E-state index contributed by atoms with van der Waals surface area (Å²) < 4.78 is 39.5. The summed E-state index contributed by atoms with van der Waals surface area (Å²) in [5.41, 5.74) is 5.75. The van der Waals surface area contributed by atoms with Gasteiger partial charge in [0.05, 0.1) is 11.4 Å². The molecule has 0 amide bonds. The van der Waals surface area contributed by atoms with Gasteiger partial charge in [-0.3, -0.25) is 4.72 Å². The van der Waals surface area contributed by atoms with Crippen molar-refractivity contribution in [3.63, 3.8) is 0 Å². The van der Waals surface area contributed by atoms with E-state index >= 15 is 0 Å². The SMILES string of the molecule is Nc1ccccc1S(=O)(=O)Nc1cc(F)cc(Cl)c1. The fourth-order valence-electron chi connectivity index (χ4n) is 1.55. The van der Waals surface area contributed by atoms with Crippen molar-refractivity contribution in [1.29, 1.82) is 0 Å². The molecule has 0 spiro atoms. The highest BCUT2D eigenvalue weighted by Crippen LogP contribution is 2.23. The first-order valence-electron chi connectivity index (χ1n) is 5.22. The monoisotopic (exact) mass is 300 g/mol. The number of hydrogen-bond acceptors (Lipinski definition) is 3. The molecule has 0 saturated carbocycles. The standard InChI is InChI=1S/C12H10ClFN2O2S/c13-8-5-9(14)7-10(6-8)16-19(17,18)12-4-2-1-3-11(12)15/h1-7,16H,15H2. The largest absolute Gasteiger partial charge is 0.398 e. The number of hydrogen-bond donors (Lipinski definition) is 2. The van der Waals surface area contributed by atoms with Crippen LogP contribution in [0.4, 0.5) is 15.8 Å². The lowest BCUT2D eigenvalue weighted by Crippen LogP contribution is -2.14. The summed E-state index contributed by atoms with van der Waals surface area (Å²) in [6.45, 7) is 0. The lowest BCUT2D eigenvalue weighted by molar-refractivity contribution is 0.601. The van der Waals surface area contributed by atoms with Crippen LogP contribution in [-0.2, 0) is 10.0 Å². The zero-order chi connectivity index (χ0) is 14.0. The molecule has 7 heteroatoms. The normalized spacial score (nSPS) is 11.3. The Bertz CT molecular complexity index is 699. The number of halogens is 2. The molecule has 0 aliphatic carbocycles. The Hall–Kier alpha value is -1.79. The minimum atomic E-state index is -3.88. The Morgan fingerprint density at radius 3 is 2.47 bits per heavy atom. The zero-order valence-electron chi connectivity index (χ0n) is 9.60. The molecule has 4 nitrogen and oxygen atoms in total. The quantitative estimate of drug-likeness (QED) is 0.856. The predicted molar refractivity (Wildman–Crippen MR) is 73.1 cm³/mol. The van der Waals surface area contributed by atoms with Gasteiger partial charge in [-0.05, 0) is 30.3 Å². The van der Waals surface area contributed by atoms with Gasteiger partial charge in [0.15, 0.2) is 0 Å². The molecule has 0 aliphatic heterocycles. The second-order valence-electron chi connectivity index (χ2n) is 3.80. The molecule has 2 aromatic carbocycles. The summed E-state index contributed by atoms with van der Waals surface area (Å²) in [6, 6.07) is 9.41. The molecule has 19 heavy (non-hydrogen) atoms. The number of para-hydroxylation sites is 1. The van der Waals surface area contributed by atoms with E-state index in [1.165, 1.54) is 18.2 Å². The maximum atomic E-state index is 13.1. The van der Waals surface area contributed by atoms with Crippen LogP contribution in [0.1, 0.15) is 0 Å². The molecule has 0 unspecified atom stereocenters. The van der Waals surface area contributed by atoms with Gasteiger partial charge in [0.1, 0.15) is 10.7 Å². The summed E-state index contributed by atoms with van der Waals surface area (Å²) >= 11 is 5.66.